The zero-order valence-corrected chi connectivity index (χ0v) is 19.9. The fourth-order valence-corrected chi connectivity index (χ4v) is 3.95. The molecule has 0 atom stereocenters. The van der Waals surface area contributed by atoms with Crippen molar-refractivity contribution in [2.45, 2.75) is 20.0 Å². The Kier molecular flexibility index (Phi) is 7.43. The summed E-state index contributed by atoms with van der Waals surface area (Å²) in [4.78, 5) is 26.5. The van der Waals surface area contributed by atoms with Gasteiger partial charge in [0, 0.05) is 0 Å². The van der Waals surface area contributed by atoms with Crippen LogP contribution in [-0.2, 0) is 15.8 Å². The SMILES string of the molecule is CCOc1cc(/C=C2\C(=O)NC(=S)N(c3cccc(C(F)(F)F)c3)C2=O)cc(Br)c1OCC. The number of carbonyl (C=O) groups excluding carboxylic acids is 2. The third-order valence-electron chi connectivity index (χ3n) is 4.46. The van der Waals surface area contributed by atoms with E-state index in [2.05, 4.69) is 21.2 Å². The number of hydrogen-bond acceptors (Lipinski definition) is 5. The molecule has 2 amide bonds. The molecule has 1 N–H and O–H groups in total. The normalized spacial score (nSPS) is 15.6. The van der Waals surface area contributed by atoms with Crippen molar-refractivity contribution in [2.75, 3.05) is 18.1 Å². The maximum Gasteiger partial charge on any atom is 0.416 e. The van der Waals surface area contributed by atoms with Crippen LogP contribution in [0.3, 0.4) is 0 Å². The molecule has 3 rings (SSSR count). The first kappa shape index (κ1) is 24.7. The standard InChI is InChI=1S/C22H18BrF3N2O4S/c1-3-31-17-10-12(9-16(23)18(17)32-4-2)8-15-19(29)27-21(33)28(20(15)30)14-7-5-6-13(11-14)22(24,25)26/h5-11H,3-4H2,1-2H3,(H,27,29,33)/b15-8+. The van der Waals surface area contributed by atoms with Crippen LogP contribution in [0.15, 0.2) is 46.4 Å². The largest absolute Gasteiger partial charge is 0.490 e. The summed E-state index contributed by atoms with van der Waals surface area (Å²) in [6, 6.07) is 7.35. The number of ether oxygens (including phenoxy) is 2. The lowest BCUT2D eigenvalue weighted by Gasteiger charge is -2.29. The summed E-state index contributed by atoms with van der Waals surface area (Å²) in [5.74, 6) is -0.760. The van der Waals surface area contributed by atoms with Crippen LogP contribution in [0, 0.1) is 0 Å². The number of benzene rings is 2. The molecule has 1 aliphatic heterocycles. The number of amides is 2. The second-order valence-corrected chi connectivity index (χ2v) is 7.94. The molecule has 1 heterocycles. The highest BCUT2D eigenvalue weighted by molar-refractivity contribution is 9.10. The fourth-order valence-electron chi connectivity index (χ4n) is 3.10. The zero-order chi connectivity index (χ0) is 24.3. The van der Waals surface area contributed by atoms with Gasteiger partial charge >= 0.3 is 6.18 Å². The summed E-state index contributed by atoms with van der Waals surface area (Å²) < 4.78 is 51.1. The minimum absolute atomic E-state index is 0.117. The van der Waals surface area contributed by atoms with E-state index in [0.717, 1.165) is 23.1 Å². The molecule has 0 saturated carbocycles. The Morgan fingerprint density at radius 1 is 1.12 bits per heavy atom. The molecule has 0 unspecified atom stereocenters. The molecule has 1 aliphatic rings. The van der Waals surface area contributed by atoms with Crippen molar-refractivity contribution < 1.29 is 32.2 Å². The Balaban J connectivity index is 2.05. The first-order chi connectivity index (χ1) is 15.6. The molecule has 2 aromatic rings. The van der Waals surface area contributed by atoms with E-state index < -0.39 is 23.6 Å². The summed E-state index contributed by atoms with van der Waals surface area (Å²) >= 11 is 8.45. The lowest BCUT2D eigenvalue weighted by molar-refractivity contribution is -0.137. The molecule has 1 fully saturated rings. The van der Waals surface area contributed by atoms with Gasteiger partial charge in [-0.05, 0) is 84.0 Å². The van der Waals surface area contributed by atoms with Crippen molar-refractivity contribution >= 4 is 56.8 Å². The van der Waals surface area contributed by atoms with Gasteiger partial charge in [-0.25, -0.2) is 0 Å². The van der Waals surface area contributed by atoms with Gasteiger partial charge in [-0.2, -0.15) is 13.2 Å². The van der Waals surface area contributed by atoms with E-state index in [4.69, 9.17) is 21.7 Å². The molecule has 0 aromatic heterocycles. The predicted molar refractivity (Wildman–Crippen MR) is 124 cm³/mol. The molecule has 2 aromatic carbocycles. The average Bonchev–Trinajstić information content (AvgIpc) is 2.73. The number of halogens is 4. The summed E-state index contributed by atoms with van der Waals surface area (Å²) in [6.07, 6.45) is -3.30. The van der Waals surface area contributed by atoms with E-state index in [1.54, 1.807) is 19.1 Å². The summed E-state index contributed by atoms with van der Waals surface area (Å²) in [6.45, 7) is 4.35. The fraction of sp³-hybridized carbons (Fsp3) is 0.227. The van der Waals surface area contributed by atoms with Gasteiger partial charge < -0.3 is 9.47 Å². The highest BCUT2D eigenvalue weighted by atomic mass is 79.9. The van der Waals surface area contributed by atoms with Crippen LogP contribution < -0.4 is 19.7 Å². The molecule has 6 nitrogen and oxygen atoms in total. The molecule has 0 radical (unpaired) electrons. The van der Waals surface area contributed by atoms with Crippen molar-refractivity contribution in [1.82, 2.24) is 5.32 Å². The van der Waals surface area contributed by atoms with Gasteiger partial charge in [0.2, 0.25) is 0 Å². The lowest BCUT2D eigenvalue weighted by Crippen LogP contribution is -2.54. The van der Waals surface area contributed by atoms with Crippen LogP contribution in [0.5, 0.6) is 11.5 Å². The van der Waals surface area contributed by atoms with Crippen molar-refractivity contribution in [2.24, 2.45) is 0 Å². The second-order valence-electron chi connectivity index (χ2n) is 6.70. The topological polar surface area (TPSA) is 67.9 Å². The number of alkyl halides is 3. The third kappa shape index (κ3) is 5.36. The monoisotopic (exact) mass is 542 g/mol. The Morgan fingerprint density at radius 3 is 2.45 bits per heavy atom. The van der Waals surface area contributed by atoms with Crippen LogP contribution in [0.25, 0.3) is 6.08 Å². The van der Waals surface area contributed by atoms with E-state index >= 15 is 0 Å². The Hall–Kier alpha value is -2.92. The Bertz CT molecular complexity index is 1150. The van der Waals surface area contributed by atoms with Crippen molar-refractivity contribution in [3.8, 4) is 11.5 Å². The minimum Gasteiger partial charge on any atom is -0.490 e. The highest BCUT2D eigenvalue weighted by Crippen LogP contribution is 2.38. The van der Waals surface area contributed by atoms with Crippen LogP contribution in [0.4, 0.5) is 18.9 Å². The van der Waals surface area contributed by atoms with Gasteiger partial charge in [-0.3, -0.25) is 19.8 Å². The van der Waals surface area contributed by atoms with E-state index in [-0.39, 0.29) is 16.4 Å². The van der Waals surface area contributed by atoms with E-state index in [1.165, 1.54) is 12.1 Å². The van der Waals surface area contributed by atoms with Gasteiger partial charge in [0.25, 0.3) is 11.8 Å². The predicted octanol–water partition coefficient (Wildman–Crippen LogP) is 5.10. The Labute approximate surface area is 201 Å². The Morgan fingerprint density at radius 2 is 1.82 bits per heavy atom. The molecule has 33 heavy (non-hydrogen) atoms. The van der Waals surface area contributed by atoms with Crippen LogP contribution >= 0.6 is 28.1 Å². The van der Waals surface area contributed by atoms with Crippen LogP contribution in [0.1, 0.15) is 25.0 Å². The van der Waals surface area contributed by atoms with Crippen molar-refractivity contribution in [3.63, 3.8) is 0 Å². The first-order valence-electron chi connectivity index (χ1n) is 9.74. The molecular weight excluding hydrogens is 525 g/mol. The number of nitrogens with zero attached hydrogens (tertiary/aromatic N) is 1. The molecule has 11 heteroatoms. The maximum atomic E-state index is 13.1. The molecular formula is C22H18BrF3N2O4S. The minimum atomic E-state index is -4.61. The maximum absolute atomic E-state index is 13.1. The number of hydrogen-bond donors (Lipinski definition) is 1. The molecule has 0 aliphatic carbocycles. The zero-order valence-electron chi connectivity index (χ0n) is 17.5. The molecule has 0 spiro atoms. The second kappa shape index (κ2) is 9.92. The van der Waals surface area contributed by atoms with Gasteiger partial charge in [0.1, 0.15) is 5.57 Å². The smallest absolute Gasteiger partial charge is 0.416 e. The summed E-state index contributed by atoms with van der Waals surface area (Å²) in [5.41, 5.74) is -0.938. The van der Waals surface area contributed by atoms with E-state index in [1.807, 2.05) is 6.92 Å². The number of nitrogens with one attached hydrogen (secondary N) is 1. The van der Waals surface area contributed by atoms with Gasteiger partial charge in [-0.15, -0.1) is 0 Å². The lowest BCUT2D eigenvalue weighted by atomic mass is 10.1. The third-order valence-corrected chi connectivity index (χ3v) is 5.34. The van der Waals surface area contributed by atoms with Gasteiger partial charge in [0.15, 0.2) is 16.6 Å². The van der Waals surface area contributed by atoms with Crippen molar-refractivity contribution in [1.29, 1.82) is 0 Å². The number of anilines is 1. The van der Waals surface area contributed by atoms with E-state index in [9.17, 15) is 22.8 Å². The molecule has 0 bridgehead atoms. The quantitative estimate of drug-likeness (QED) is 0.312. The summed E-state index contributed by atoms with van der Waals surface area (Å²) in [7, 11) is 0. The van der Waals surface area contributed by atoms with Crippen LogP contribution in [0.2, 0.25) is 0 Å². The van der Waals surface area contributed by atoms with Crippen LogP contribution in [-0.4, -0.2) is 30.1 Å². The summed E-state index contributed by atoms with van der Waals surface area (Å²) in [5, 5.41) is 2.04. The molecule has 1 saturated heterocycles. The van der Waals surface area contributed by atoms with Gasteiger partial charge in [0.05, 0.1) is 28.9 Å². The van der Waals surface area contributed by atoms with Crippen molar-refractivity contribution in [3.05, 3.63) is 57.6 Å². The van der Waals surface area contributed by atoms with Gasteiger partial charge in [-0.1, -0.05) is 6.07 Å². The van der Waals surface area contributed by atoms with E-state index in [0.29, 0.717) is 34.7 Å². The molecule has 174 valence electrons. The number of rotatable bonds is 6. The number of thiocarbonyl (C=S) groups is 1. The average molecular weight is 543 g/mol. The number of carbonyl (C=O) groups is 2. The first-order valence-corrected chi connectivity index (χ1v) is 10.9. The highest BCUT2D eigenvalue weighted by Gasteiger charge is 2.36.